The van der Waals surface area contributed by atoms with E-state index in [0.717, 1.165) is 18.9 Å². The summed E-state index contributed by atoms with van der Waals surface area (Å²) in [7, 11) is 0. The number of nitrogens with one attached hydrogen (secondary N) is 1. The lowest BCUT2D eigenvalue weighted by atomic mass is 10.2. The molecule has 1 amide bonds. The quantitative estimate of drug-likeness (QED) is 0.479. The van der Waals surface area contributed by atoms with Crippen LogP contribution in [0.5, 0.6) is 0 Å². The van der Waals surface area contributed by atoms with Crippen molar-refractivity contribution in [3.8, 4) is 0 Å². The zero-order valence-electron chi connectivity index (χ0n) is 9.99. The maximum Gasteiger partial charge on any atom is 0.290 e. The number of carbonyl (C=O) groups excluding carboxylic acids is 1. The minimum atomic E-state index is -0.681. The molecule has 0 saturated heterocycles. The first-order valence-corrected chi connectivity index (χ1v) is 6.34. The van der Waals surface area contributed by atoms with E-state index in [1.165, 1.54) is 6.07 Å². The van der Waals surface area contributed by atoms with Crippen LogP contribution in [0.2, 0.25) is 10.0 Å². The molecular weight excluding hydrogens is 293 g/mol. The fraction of sp³-hybridized carbons (Fsp3) is 0.364. The van der Waals surface area contributed by atoms with Gasteiger partial charge < -0.3 is 11.1 Å². The van der Waals surface area contributed by atoms with Gasteiger partial charge in [0, 0.05) is 18.2 Å². The summed E-state index contributed by atoms with van der Waals surface area (Å²) in [6.45, 7) is 0.998. The Morgan fingerprint density at radius 1 is 1.37 bits per heavy atom. The number of nitrogens with zero attached hydrogens (tertiary/aromatic N) is 1. The van der Waals surface area contributed by atoms with Crippen molar-refractivity contribution in [1.29, 1.82) is 0 Å². The fourth-order valence-electron chi connectivity index (χ4n) is 1.41. The molecule has 0 fully saturated rings. The highest BCUT2D eigenvalue weighted by molar-refractivity contribution is 6.43. The summed E-state index contributed by atoms with van der Waals surface area (Å²) in [6, 6.07) is 2.40. The maximum absolute atomic E-state index is 11.8. The first-order chi connectivity index (χ1) is 8.97. The standard InChI is InChI=1S/C11H13Cl2N3O3/c12-8-5-7(6-9(10(8)13)16(18)19)11(17)15-4-2-1-3-14/h5-6H,1-4,14H2,(H,15,17). The molecule has 0 spiro atoms. The molecule has 0 bridgehead atoms. The molecule has 0 saturated carbocycles. The number of benzene rings is 1. The summed E-state index contributed by atoms with van der Waals surface area (Å²) in [4.78, 5) is 21.9. The first-order valence-electron chi connectivity index (χ1n) is 5.59. The van der Waals surface area contributed by atoms with Crippen molar-refractivity contribution in [2.75, 3.05) is 13.1 Å². The molecule has 0 aromatic heterocycles. The SMILES string of the molecule is NCCCCNC(=O)c1cc(Cl)c(Cl)c([N+](=O)[O-])c1. The highest BCUT2D eigenvalue weighted by atomic mass is 35.5. The average Bonchev–Trinajstić information content (AvgIpc) is 2.37. The van der Waals surface area contributed by atoms with Crippen LogP contribution >= 0.6 is 23.2 Å². The summed E-state index contributed by atoms with van der Waals surface area (Å²) in [5.74, 6) is -0.432. The molecule has 1 aromatic rings. The van der Waals surface area contributed by atoms with E-state index in [9.17, 15) is 14.9 Å². The van der Waals surface area contributed by atoms with Gasteiger partial charge in [0.05, 0.1) is 9.95 Å². The van der Waals surface area contributed by atoms with Gasteiger partial charge >= 0.3 is 0 Å². The van der Waals surface area contributed by atoms with Crippen LogP contribution in [0.25, 0.3) is 0 Å². The molecule has 104 valence electrons. The number of nitro benzene ring substituents is 1. The largest absolute Gasteiger partial charge is 0.352 e. The lowest BCUT2D eigenvalue weighted by molar-refractivity contribution is -0.384. The van der Waals surface area contributed by atoms with Crippen LogP contribution in [-0.2, 0) is 0 Å². The van der Waals surface area contributed by atoms with Crippen LogP contribution in [0.3, 0.4) is 0 Å². The second kappa shape index (κ2) is 7.28. The normalized spacial score (nSPS) is 10.3. The lowest BCUT2D eigenvalue weighted by Gasteiger charge is -2.06. The number of hydrogen-bond acceptors (Lipinski definition) is 4. The smallest absolute Gasteiger partial charge is 0.290 e. The Morgan fingerprint density at radius 3 is 2.63 bits per heavy atom. The highest BCUT2D eigenvalue weighted by Gasteiger charge is 2.19. The number of nitro groups is 1. The molecule has 1 aromatic carbocycles. The summed E-state index contributed by atoms with van der Waals surface area (Å²) in [5, 5.41) is 13.2. The monoisotopic (exact) mass is 305 g/mol. The Bertz CT molecular complexity index is 494. The van der Waals surface area contributed by atoms with E-state index < -0.39 is 10.8 Å². The van der Waals surface area contributed by atoms with Crippen molar-refractivity contribution in [2.45, 2.75) is 12.8 Å². The van der Waals surface area contributed by atoms with Gasteiger partial charge in [0.1, 0.15) is 5.02 Å². The van der Waals surface area contributed by atoms with Crippen LogP contribution < -0.4 is 11.1 Å². The number of carbonyl (C=O) groups is 1. The summed E-state index contributed by atoms with van der Waals surface area (Å²) in [6.07, 6.45) is 1.54. The summed E-state index contributed by atoms with van der Waals surface area (Å²) in [5.41, 5.74) is 5.04. The Balaban J connectivity index is 2.83. The molecule has 0 aliphatic heterocycles. The van der Waals surface area contributed by atoms with Crippen molar-refractivity contribution in [1.82, 2.24) is 5.32 Å². The zero-order chi connectivity index (χ0) is 14.4. The number of hydrogen-bond donors (Lipinski definition) is 2. The molecule has 6 nitrogen and oxygen atoms in total. The number of amides is 1. The predicted octanol–water partition coefficient (Wildman–Crippen LogP) is 2.37. The molecule has 19 heavy (non-hydrogen) atoms. The molecule has 0 aliphatic carbocycles. The predicted molar refractivity (Wildman–Crippen MR) is 73.7 cm³/mol. The van der Waals surface area contributed by atoms with E-state index in [1.807, 2.05) is 0 Å². The van der Waals surface area contributed by atoms with Gasteiger partial charge in [-0.15, -0.1) is 0 Å². The topological polar surface area (TPSA) is 98.3 Å². The molecule has 8 heteroatoms. The van der Waals surface area contributed by atoms with Crippen molar-refractivity contribution in [2.24, 2.45) is 5.73 Å². The minimum absolute atomic E-state index is 0.0250. The average molecular weight is 306 g/mol. The Hall–Kier alpha value is -1.37. The molecule has 0 radical (unpaired) electrons. The fourth-order valence-corrected chi connectivity index (χ4v) is 1.80. The third kappa shape index (κ3) is 4.34. The number of halogens is 2. The third-order valence-electron chi connectivity index (χ3n) is 2.38. The Labute approximate surface area is 120 Å². The lowest BCUT2D eigenvalue weighted by Crippen LogP contribution is -2.25. The number of rotatable bonds is 6. The Kier molecular flexibility index (Phi) is 6.01. The van der Waals surface area contributed by atoms with Crippen molar-refractivity contribution >= 4 is 34.8 Å². The van der Waals surface area contributed by atoms with E-state index in [2.05, 4.69) is 5.32 Å². The van der Waals surface area contributed by atoms with Crippen molar-refractivity contribution in [3.63, 3.8) is 0 Å². The number of unbranched alkanes of at least 4 members (excludes halogenated alkanes) is 1. The summed E-state index contributed by atoms with van der Waals surface area (Å²) >= 11 is 11.4. The molecule has 0 unspecified atom stereocenters. The van der Waals surface area contributed by atoms with Gasteiger partial charge in [0.15, 0.2) is 0 Å². The van der Waals surface area contributed by atoms with Crippen LogP contribution in [-0.4, -0.2) is 23.9 Å². The molecule has 0 aliphatic rings. The second-order valence-electron chi connectivity index (χ2n) is 3.80. The van der Waals surface area contributed by atoms with Gasteiger partial charge in [-0.2, -0.15) is 0 Å². The van der Waals surface area contributed by atoms with Crippen molar-refractivity contribution in [3.05, 3.63) is 37.9 Å². The third-order valence-corrected chi connectivity index (χ3v) is 3.18. The summed E-state index contributed by atoms with van der Waals surface area (Å²) < 4.78 is 0. The maximum atomic E-state index is 11.8. The van der Waals surface area contributed by atoms with E-state index in [1.54, 1.807) is 0 Å². The second-order valence-corrected chi connectivity index (χ2v) is 4.59. The van der Waals surface area contributed by atoms with Crippen LogP contribution in [0, 0.1) is 10.1 Å². The van der Waals surface area contributed by atoms with Gasteiger partial charge in [-0.3, -0.25) is 14.9 Å². The number of nitrogens with two attached hydrogens (primary N) is 1. The molecule has 1 rings (SSSR count). The van der Waals surface area contributed by atoms with E-state index >= 15 is 0 Å². The van der Waals surface area contributed by atoms with Crippen LogP contribution in [0.1, 0.15) is 23.2 Å². The first kappa shape index (κ1) is 15.7. The van der Waals surface area contributed by atoms with Crippen molar-refractivity contribution < 1.29 is 9.72 Å². The minimum Gasteiger partial charge on any atom is -0.352 e. The molecule has 0 heterocycles. The molecular formula is C11H13Cl2N3O3. The van der Waals surface area contributed by atoms with Gasteiger partial charge in [-0.25, -0.2) is 0 Å². The van der Waals surface area contributed by atoms with Gasteiger partial charge in [0.25, 0.3) is 11.6 Å². The zero-order valence-corrected chi connectivity index (χ0v) is 11.5. The van der Waals surface area contributed by atoms with Crippen LogP contribution in [0.15, 0.2) is 12.1 Å². The van der Waals surface area contributed by atoms with Gasteiger partial charge in [-0.05, 0) is 25.5 Å². The van der Waals surface area contributed by atoms with E-state index in [4.69, 9.17) is 28.9 Å². The molecule has 0 atom stereocenters. The molecule has 3 N–H and O–H groups in total. The van der Waals surface area contributed by atoms with Gasteiger partial charge in [0.2, 0.25) is 0 Å². The van der Waals surface area contributed by atoms with E-state index in [0.29, 0.717) is 13.1 Å². The Morgan fingerprint density at radius 2 is 2.05 bits per heavy atom. The van der Waals surface area contributed by atoms with E-state index in [-0.39, 0.29) is 21.3 Å². The van der Waals surface area contributed by atoms with Gasteiger partial charge in [-0.1, -0.05) is 23.2 Å². The highest BCUT2D eigenvalue weighted by Crippen LogP contribution is 2.32. The van der Waals surface area contributed by atoms with Crippen LogP contribution in [0.4, 0.5) is 5.69 Å².